The first kappa shape index (κ1) is 19.1. The lowest BCUT2D eigenvalue weighted by Gasteiger charge is -2.40. The van der Waals surface area contributed by atoms with Crippen LogP contribution in [0.5, 0.6) is 0 Å². The summed E-state index contributed by atoms with van der Waals surface area (Å²) >= 11 is 12.5. The number of halogens is 2. The molecule has 1 fully saturated rings. The Balaban J connectivity index is 1.72. The van der Waals surface area contributed by atoms with Gasteiger partial charge in [0, 0.05) is 42.8 Å². The van der Waals surface area contributed by atoms with E-state index in [0.717, 1.165) is 17.7 Å². The lowest BCUT2D eigenvalue weighted by molar-refractivity contribution is -0.137. The van der Waals surface area contributed by atoms with Crippen LogP contribution < -0.4 is 5.48 Å². The van der Waals surface area contributed by atoms with Crippen molar-refractivity contribution in [3.8, 4) is 0 Å². The van der Waals surface area contributed by atoms with Crippen molar-refractivity contribution in [1.82, 2.24) is 15.3 Å². The van der Waals surface area contributed by atoms with Gasteiger partial charge in [0.05, 0.1) is 0 Å². The second-order valence-corrected chi connectivity index (χ2v) is 7.19. The molecule has 0 saturated carbocycles. The zero-order chi connectivity index (χ0) is 18.5. The third-order valence-electron chi connectivity index (χ3n) is 4.67. The summed E-state index contributed by atoms with van der Waals surface area (Å²) < 4.78 is 0. The minimum absolute atomic E-state index is 0.416. The summed E-state index contributed by atoms with van der Waals surface area (Å²) in [4.78, 5) is 16.4. The molecule has 2 aromatic rings. The van der Waals surface area contributed by atoms with Gasteiger partial charge >= 0.3 is 0 Å². The number of amides is 1. The molecular formula is C19H21Cl2N3O2. The standard InChI is InChI=1S/C19H21Cl2N3O2/c20-16-7-3-1-5-14(16)11-23-9-10-24(18(13-23)19(25)22-26)12-15-6-2-4-8-17(15)21/h1-8,18,26H,9-13H2,(H,22,25). The first-order valence-electron chi connectivity index (χ1n) is 8.45. The van der Waals surface area contributed by atoms with Gasteiger partial charge in [-0.2, -0.15) is 0 Å². The summed E-state index contributed by atoms with van der Waals surface area (Å²) in [5.74, 6) is -0.416. The van der Waals surface area contributed by atoms with Gasteiger partial charge in [-0.05, 0) is 23.3 Å². The van der Waals surface area contributed by atoms with E-state index in [2.05, 4.69) is 4.90 Å². The van der Waals surface area contributed by atoms with E-state index in [1.165, 1.54) is 0 Å². The largest absolute Gasteiger partial charge is 0.296 e. The van der Waals surface area contributed by atoms with Gasteiger partial charge in [0.2, 0.25) is 0 Å². The van der Waals surface area contributed by atoms with Crippen LogP contribution >= 0.6 is 23.2 Å². The lowest BCUT2D eigenvalue weighted by Crippen LogP contribution is -2.58. The van der Waals surface area contributed by atoms with Crippen LogP contribution in [0.2, 0.25) is 10.0 Å². The van der Waals surface area contributed by atoms with E-state index in [4.69, 9.17) is 28.4 Å². The highest BCUT2D eigenvalue weighted by Gasteiger charge is 2.32. The van der Waals surface area contributed by atoms with Crippen LogP contribution in [0.15, 0.2) is 48.5 Å². The fraction of sp³-hybridized carbons (Fsp3) is 0.316. The van der Waals surface area contributed by atoms with Gasteiger partial charge in [-0.1, -0.05) is 59.6 Å². The third-order valence-corrected chi connectivity index (χ3v) is 5.41. The normalized spacial score (nSPS) is 18.7. The topological polar surface area (TPSA) is 55.8 Å². The summed E-state index contributed by atoms with van der Waals surface area (Å²) in [6.07, 6.45) is 0. The first-order chi connectivity index (χ1) is 12.6. The second kappa shape index (κ2) is 8.84. The monoisotopic (exact) mass is 393 g/mol. The maximum Gasteiger partial charge on any atom is 0.262 e. The van der Waals surface area contributed by atoms with Crippen molar-refractivity contribution >= 4 is 29.1 Å². The minimum Gasteiger partial charge on any atom is -0.296 e. The van der Waals surface area contributed by atoms with E-state index in [1.807, 2.05) is 53.4 Å². The van der Waals surface area contributed by atoms with Gasteiger partial charge in [0.1, 0.15) is 6.04 Å². The predicted octanol–water partition coefficient (Wildman–Crippen LogP) is 3.19. The smallest absolute Gasteiger partial charge is 0.262 e. The zero-order valence-corrected chi connectivity index (χ0v) is 15.7. The Morgan fingerprint density at radius 2 is 1.58 bits per heavy atom. The molecule has 0 bridgehead atoms. The van der Waals surface area contributed by atoms with E-state index in [-0.39, 0.29) is 0 Å². The molecule has 1 amide bonds. The highest BCUT2D eigenvalue weighted by atomic mass is 35.5. The molecule has 1 saturated heterocycles. The minimum atomic E-state index is -0.465. The van der Waals surface area contributed by atoms with Crippen LogP contribution in [-0.4, -0.2) is 46.6 Å². The maximum atomic E-state index is 12.2. The van der Waals surface area contributed by atoms with Crippen molar-refractivity contribution in [3.63, 3.8) is 0 Å². The Kier molecular flexibility index (Phi) is 6.51. The van der Waals surface area contributed by atoms with Crippen molar-refractivity contribution in [2.75, 3.05) is 19.6 Å². The first-order valence-corrected chi connectivity index (χ1v) is 9.21. The molecule has 138 valence electrons. The molecule has 2 aromatic carbocycles. The van der Waals surface area contributed by atoms with Crippen LogP contribution in [0.4, 0.5) is 0 Å². The second-order valence-electron chi connectivity index (χ2n) is 6.38. The number of nitrogens with one attached hydrogen (secondary N) is 1. The molecule has 0 aliphatic carbocycles. The number of rotatable bonds is 5. The quantitative estimate of drug-likeness (QED) is 0.604. The van der Waals surface area contributed by atoms with Gasteiger partial charge in [-0.25, -0.2) is 5.48 Å². The van der Waals surface area contributed by atoms with E-state index in [9.17, 15) is 4.79 Å². The molecule has 0 aromatic heterocycles. The Morgan fingerprint density at radius 3 is 2.15 bits per heavy atom. The number of carbonyl (C=O) groups is 1. The van der Waals surface area contributed by atoms with Crippen molar-refractivity contribution < 1.29 is 10.0 Å². The van der Waals surface area contributed by atoms with Crippen LogP contribution in [0.1, 0.15) is 11.1 Å². The van der Waals surface area contributed by atoms with Crippen LogP contribution in [0.3, 0.4) is 0 Å². The SMILES string of the molecule is O=C(NO)C1CN(Cc2ccccc2Cl)CCN1Cc1ccccc1Cl. The Hall–Kier alpha value is -1.63. The number of carbonyl (C=O) groups excluding carboxylic acids is 1. The van der Waals surface area contributed by atoms with Gasteiger partial charge in [0.15, 0.2) is 0 Å². The van der Waals surface area contributed by atoms with E-state index >= 15 is 0 Å². The molecule has 1 unspecified atom stereocenters. The molecule has 1 aliphatic rings. The summed E-state index contributed by atoms with van der Waals surface area (Å²) in [5, 5.41) is 10.5. The fourth-order valence-corrected chi connectivity index (χ4v) is 3.64. The van der Waals surface area contributed by atoms with Gasteiger partial charge < -0.3 is 0 Å². The molecule has 1 aliphatic heterocycles. The number of hydrogen-bond acceptors (Lipinski definition) is 4. The van der Waals surface area contributed by atoms with Gasteiger partial charge in [-0.3, -0.25) is 19.8 Å². The molecule has 1 heterocycles. The highest BCUT2D eigenvalue weighted by Crippen LogP contribution is 2.23. The summed E-state index contributed by atoms with van der Waals surface area (Å²) in [6.45, 7) is 3.20. The Bertz CT molecular complexity index is 772. The van der Waals surface area contributed by atoms with E-state index in [1.54, 1.807) is 5.48 Å². The molecule has 0 spiro atoms. The van der Waals surface area contributed by atoms with Crippen molar-refractivity contribution in [2.45, 2.75) is 19.1 Å². The summed E-state index contributed by atoms with van der Waals surface area (Å²) in [6, 6.07) is 14.8. The molecule has 7 heteroatoms. The number of benzene rings is 2. The zero-order valence-electron chi connectivity index (χ0n) is 14.2. The molecule has 5 nitrogen and oxygen atoms in total. The number of hydroxylamine groups is 1. The maximum absolute atomic E-state index is 12.2. The Labute approximate surface area is 163 Å². The summed E-state index contributed by atoms with van der Waals surface area (Å²) in [7, 11) is 0. The molecule has 26 heavy (non-hydrogen) atoms. The molecule has 0 radical (unpaired) electrons. The molecule has 1 atom stereocenters. The average Bonchev–Trinajstić information content (AvgIpc) is 2.66. The highest BCUT2D eigenvalue weighted by molar-refractivity contribution is 6.31. The van der Waals surface area contributed by atoms with E-state index < -0.39 is 11.9 Å². The van der Waals surface area contributed by atoms with Crippen LogP contribution in [-0.2, 0) is 17.9 Å². The Morgan fingerprint density at radius 1 is 1.00 bits per heavy atom. The van der Waals surface area contributed by atoms with Gasteiger partial charge in [-0.15, -0.1) is 0 Å². The lowest BCUT2D eigenvalue weighted by atomic mass is 10.1. The van der Waals surface area contributed by atoms with Crippen molar-refractivity contribution in [3.05, 3.63) is 69.7 Å². The van der Waals surface area contributed by atoms with Crippen molar-refractivity contribution in [2.24, 2.45) is 0 Å². The number of piperazine rings is 1. The van der Waals surface area contributed by atoms with Gasteiger partial charge in [0.25, 0.3) is 5.91 Å². The average molecular weight is 394 g/mol. The molecular weight excluding hydrogens is 373 g/mol. The number of nitrogens with zero attached hydrogens (tertiary/aromatic N) is 2. The number of hydrogen-bond donors (Lipinski definition) is 2. The van der Waals surface area contributed by atoms with Crippen molar-refractivity contribution in [1.29, 1.82) is 0 Å². The van der Waals surface area contributed by atoms with E-state index in [0.29, 0.717) is 36.2 Å². The third kappa shape index (κ3) is 4.55. The summed E-state index contributed by atoms with van der Waals surface area (Å²) in [5.41, 5.74) is 3.78. The van der Waals surface area contributed by atoms with Crippen LogP contribution in [0.25, 0.3) is 0 Å². The molecule has 2 N–H and O–H groups in total. The predicted molar refractivity (Wildman–Crippen MR) is 102 cm³/mol. The molecule has 3 rings (SSSR count). The fourth-order valence-electron chi connectivity index (χ4n) is 3.25. The van der Waals surface area contributed by atoms with Crippen LogP contribution in [0, 0.1) is 0 Å².